The minimum atomic E-state index is -2.03. The van der Waals surface area contributed by atoms with Gasteiger partial charge in [0.15, 0.2) is 0 Å². The molecule has 4 aromatic rings. The van der Waals surface area contributed by atoms with Gasteiger partial charge in [0.1, 0.15) is 0 Å². The van der Waals surface area contributed by atoms with Crippen LogP contribution in [-0.4, -0.2) is 14.3 Å². The summed E-state index contributed by atoms with van der Waals surface area (Å²) in [4.78, 5) is 0. The van der Waals surface area contributed by atoms with Gasteiger partial charge in [-0.25, -0.2) is 0 Å². The average Bonchev–Trinajstić information content (AvgIpc) is 2.80. The topological polar surface area (TPSA) is 0 Å². The second-order valence-electron chi connectivity index (χ2n) is 10.9. The molecule has 0 aromatic heterocycles. The van der Waals surface area contributed by atoms with E-state index >= 15 is 0 Å². The van der Waals surface area contributed by atoms with Crippen molar-refractivity contribution in [2.45, 2.75) is 52.4 Å². The van der Waals surface area contributed by atoms with Gasteiger partial charge in [-0.1, -0.05) is 0 Å². The van der Waals surface area contributed by atoms with Crippen LogP contribution in [-0.2, 0) is 10.8 Å². The van der Waals surface area contributed by atoms with E-state index in [9.17, 15) is 0 Å². The monoisotopic (exact) mass is 493 g/mol. The standard InChI is InChI=1S/C32H35Ge/c1-31(2,3)25-19-17-24(18-20-25)29-22-21-26(32(4,5)6)23-30(29)33(27-13-9-7-10-14-27)28-15-11-8-12-16-28/h7-23H,1-6H3. The maximum atomic E-state index is 2.52. The molecule has 4 aromatic carbocycles. The van der Waals surface area contributed by atoms with Crippen LogP contribution in [0.5, 0.6) is 0 Å². The van der Waals surface area contributed by atoms with E-state index in [1.165, 1.54) is 35.4 Å². The van der Waals surface area contributed by atoms with E-state index < -0.39 is 14.3 Å². The Kier molecular flexibility index (Phi) is 6.68. The van der Waals surface area contributed by atoms with E-state index in [1.54, 1.807) is 0 Å². The first kappa shape index (κ1) is 23.6. The third-order valence-electron chi connectivity index (χ3n) is 6.34. The zero-order valence-electron chi connectivity index (χ0n) is 20.8. The summed E-state index contributed by atoms with van der Waals surface area (Å²) in [5, 5.41) is 0. The van der Waals surface area contributed by atoms with Crippen molar-refractivity contribution in [1.29, 1.82) is 0 Å². The van der Waals surface area contributed by atoms with E-state index in [0.717, 1.165) is 0 Å². The Labute approximate surface area is 204 Å². The maximum absolute atomic E-state index is 2.52. The van der Waals surface area contributed by atoms with Crippen molar-refractivity contribution in [3.63, 3.8) is 0 Å². The second-order valence-corrected chi connectivity index (χ2v) is 16.1. The van der Waals surface area contributed by atoms with Gasteiger partial charge < -0.3 is 0 Å². The molecule has 33 heavy (non-hydrogen) atoms. The molecule has 0 saturated heterocycles. The summed E-state index contributed by atoms with van der Waals surface area (Å²) in [6.45, 7) is 13.8. The van der Waals surface area contributed by atoms with Crippen LogP contribution in [0.25, 0.3) is 11.1 Å². The van der Waals surface area contributed by atoms with Crippen LogP contribution < -0.4 is 13.2 Å². The van der Waals surface area contributed by atoms with Gasteiger partial charge in [0.2, 0.25) is 0 Å². The fraction of sp³-hybridized carbons (Fsp3) is 0.250. The molecule has 0 aliphatic heterocycles. The Hall–Kier alpha value is -2.58. The van der Waals surface area contributed by atoms with Crippen LogP contribution in [0.15, 0.2) is 103 Å². The van der Waals surface area contributed by atoms with Crippen LogP contribution >= 0.6 is 0 Å². The van der Waals surface area contributed by atoms with Gasteiger partial charge in [-0.3, -0.25) is 0 Å². The first-order valence-corrected chi connectivity index (χ1v) is 15.0. The fourth-order valence-corrected chi connectivity index (χ4v) is 10.2. The molecule has 1 radical (unpaired) electrons. The quantitative estimate of drug-likeness (QED) is 0.287. The molecule has 1 heteroatoms. The van der Waals surface area contributed by atoms with Crippen LogP contribution in [0.3, 0.4) is 0 Å². The number of benzene rings is 4. The second kappa shape index (κ2) is 9.35. The third kappa shape index (κ3) is 5.33. The van der Waals surface area contributed by atoms with E-state index in [2.05, 4.69) is 145 Å². The molecule has 0 bridgehead atoms. The summed E-state index contributed by atoms with van der Waals surface area (Å²) >= 11 is -2.03. The van der Waals surface area contributed by atoms with E-state index in [4.69, 9.17) is 0 Å². The van der Waals surface area contributed by atoms with E-state index in [0.29, 0.717) is 0 Å². The zero-order valence-corrected chi connectivity index (χ0v) is 22.9. The predicted octanol–water partition coefficient (Wildman–Crippen LogP) is 6.46. The molecule has 0 heterocycles. The summed E-state index contributed by atoms with van der Waals surface area (Å²) in [6, 6.07) is 38.8. The number of hydrogen-bond donors (Lipinski definition) is 0. The molecule has 0 unspecified atom stereocenters. The summed E-state index contributed by atoms with van der Waals surface area (Å²) in [7, 11) is 0. The number of hydrogen-bond acceptors (Lipinski definition) is 0. The van der Waals surface area contributed by atoms with Crippen molar-refractivity contribution in [1.82, 2.24) is 0 Å². The Morgan fingerprint density at radius 2 is 0.939 bits per heavy atom. The molecule has 0 amide bonds. The Bertz CT molecular complexity index is 1150. The fourth-order valence-electron chi connectivity index (χ4n) is 4.31. The average molecular weight is 492 g/mol. The molecular formula is C32H35Ge. The van der Waals surface area contributed by atoms with Crippen LogP contribution in [0.1, 0.15) is 52.7 Å². The van der Waals surface area contributed by atoms with Crippen molar-refractivity contribution in [3.05, 3.63) is 114 Å². The first-order chi connectivity index (χ1) is 15.6. The Balaban J connectivity index is 1.96. The van der Waals surface area contributed by atoms with Crippen molar-refractivity contribution >= 4 is 27.5 Å². The molecule has 0 atom stereocenters. The van der Waals surface area contributed by atoms with E-state index in [-0.39, 0.29) is 10.8 Å². The molecule has 0 spiro atoms. The Morgan fingerprint density at radius 1 is 0.485 bits per heavy atom. The molecular weight excluding hydrogens is 457 g/mol. The summed E-state index contributed by atoms with van der Waals surface area (Å²) < 4.78 is 4.51. The van der Waals surface area contributed by atoms with Gasteiger partial charge in [0, 0.05) is 0 Å². The molecule has 0 aliphatic carbocycles. The molecule has 0 fully saturated rings. The van der Waals surface area contributed by atoms with Gasteiger partial charge in [-0.2, -0.15) is 0 Å². The van der Waals surface area contributed by atoms with Crippen molar-refractivity contribution in [2.75, 3.05) is 0 Å². The molecule has 0 nitrogen and oxygen atoms in total. The van der Waals surface area contributed by atoms with Gasteiger partial charge in [0.25, 0.3) is 0 Å². The SMILES string of the molecule is CC(C)(C)c1ccc(-c2ccc(C(C)(C)C)c[c]2[Ge]([c]2ccccc2)[c]2ccccc2)cc1. The molecule has 0 saturated carbocycles. The summed E-state index contributed by atoms with van der Waals surface area (Å²) in [5.41, 5.74) is 5.75. The molecule has 0 N–H and O–H groups in total. The van der Waals surface area contributed by atoms with Gasteiger partial charge in [0.05, 0.1) is 0 Å². The zero-order chi connectivity index (χ0) is 23.6. The number of rotatable bonds is 4. The van der Waals surface area contributed by atoms with Gasteiger partial charge in [-0.05, 0) is 0 Å². The normalized spacial score (nSPS) is 12.2. The third-order valence-corrected chi connectivity index (χ3v) is 12.2. The summed E-state index contributed by atoms with van der Waals surface area (Å²) in [5.74, 6) is 0. The molecule has 4 rings (SSSR count). The summed E-state index contributed by atoms with van der Waals surface area (Å²) in [6.07, 6.45) is 0. The minimum absolute atomic E-state index is 0.111. The van der Waals surface area contributed by atoms with Crippen LogP contribution in [0.2, 0.25) is 0 Å². The van der Waals surface area contributed by atoms with Crippen molar-refractivity contribution in [3.8, 4) is 11.1 Å². The van der Waals surface area contributed by atoms with Crippen LogP contribution in [0, 0.1) is 0 Å². The first-order valence-electron chi connectivity index (χ1n) is 11.9. The van der Waals surface area contributed by atoms with Crippen molar-refractivity contribution < 1.29 is 0 Å². The van der Waals surface area contributed by atoms with Gasteiger partial charge in [-0.15, -0.1) is 0 Å². The molecule has 0 aliphatic rings. The van der Waals surface area contributed by atoms with Gasteiger partial charge >= 0.3 is 205 Å². The Morgan fingerprint density at radius 3 is 1.39 bits per heavy atom. The van der Waals surface area contributed by atoms with Crippen LogP contribution in [0.4, 0.5) is 0 Å². The predicted molar refractivity (Wildman–Crippen MR) is 147 cm³/mol. The molecule has 167 valence electrons. The van der Waals surface area contributed by atoms with E-state index in [1.807, 2.05) is 0 Å². The van der Waals surface area contributed by atoms with Crippen molar-refractivity contribution in [2.24, 2.45) is 0 Å².